The summed E-state index contributed by atoms with van der Waals surface area (Å²) in [7, 11) is 1.32. The average Bonchev–Trinajstić information content (AvgIpc) is 2.77. The van der Waals surface area contributed by atoms with Gasteiger partial charge in [0.15, 0.2) is 11.5 Å². The number of ether oxygens (including phenoxy) is 3. The second-order valence-electron chi connectivity index (χ2n) is 6.34. The van der Waals surface area contributed by atoms with Crippen molar-refractivity contribution in [2.75, 3.05) is 7.11 Å². The van der Waals surface area contributed by atoms with Crippen molar-refractivity contribution in [2.45, 2.75) is 13.2 Å². The molecule has 1 aromatic heterocycles. The fourth-order valence-electron chi connectivity index (χ4n) is 2.74. The Morgan fingerprint density at radius 3 is 2.72 bits per heavy atom. The molecule has 1 heterocycles. The minimum absolute atomic E-state index is 0.0696. The van der Waals surface area contributed by atoms with E-state index in [0.29, 0.717) is 5.56 Å². The second kappa shape index (κ2) is 10.9. The predicted octanol–water partition coefficient (Wildman–Crippen LogP) is 4.95. The Kier molecular flexibility index (Phi) is 7.69. The van der Waals surface area contributed by atoms with Crippen LogP contribution in [0.1, 0.15) is 11.1 Å². The first kappa shape index (κ1) is 22.7. The molecule has 0 bridgehead atoms. The molecule has 0 unspecified atom stereocenters. The van der Waals surface area contributed by atoms with Gasteiger partial charge in [0.1, 0.15) is 11.6 Å². The maximum atomic E-state index is 13.4. The van der Waals surface area contributed by atoms with Gasteiger partial charge in [-0.15, -0.1) is 0 Å². The van der Waals surface area contributed by atoms with Crippen LogP contribution in [0.5, 0.6) is 23.1 Å². The quantitative estimate of drug-likeness (QED) is 0.473. The number of carbonyl (C=O) groups is 1. The molecule has 3 aromatic rings. The summed E-state index contributed by atoms with van der Waals surface area (Å²) < 4.78 is 54.0. The molecule has 0 spiro atoms. The van der Waals surface area contributed by atoms with Crippen LogP contribution in [0, 0.1) is 5.82 Å². The summed E-state index contributed by atoms with van der Waals surface area (Å²) in [6.45, 7) is -2.98. The highest BCUT2D eigenvalue weighted by atomic mass is 19.3. The highest BCUT2D eigenvalue weighted by Crippen LogP contribution is 2.33. The lowest BCUT2D eigenvalue weighted by molar-refractivity contribution is -0.116. The molecule has 0 aliphatic rings. The van der Waals surface area contributed by atoms with Gasteiger partial charge in [-0.1, -0.05) is 24.3 Å². The molecule has 0 saturated heterocycles. The first-order chi connectivity index (χ1) is 15.5. The number of nitrogens with zero attached hydrogens (tertiary/aromatic N) is 1. The summed E-state index contributed by atoms with van der Waals surface area (Å²) in [4.78, 5) is 16.4. The monoisotopic (exact) mass is 444 g/mol. The van der Waals surface area contributed by atoms with Crippen LogP contribution in [0.3, 0.4) is 0 Å². The van der Waals surface area contributed by atoms with Gasteiger partial charge in [0.05, 0.1) is 7.11 Å². The molecule has 1 N–H and O–H groups in total. The third-order valence-corrected chi connectivity index (χ3v) is 4.16. The summed E-state index contributed by atoms with van der Waals surface area (Å²) in [5.41, 5.74) is 0.804. The van der Waals surface area contributed by atoms with Crippen LogP contribution >= 0.6 is 0 Å². The van der Waals surface area contributed by atoms with Gasteiger partial charge >= 0.3 is 6.61 Å². The first-order valence-electron chi connectivity index (χ1n) is 9.41. The molecule has 2 aromatic carbocycles. The summed E-state index contributed by atoms with van der Waals surface area (Å²) in [5, 5.41) is 2.66. The van der Waals surface area contributed by atoms with Gasteiger partial charge in [-0.3, -0.25) is 4.79 Å². The largest absolute Gasteiger partial charge is 0.493 e. The van der Waals surface area contributed by atoms with Crippen LogP contribution in [-0.2, 0) is 11.3 Å². The van der Waals surface area contributed by atoms with Crippen molar-refractivity contribution in [3.8, 4) is 23.1 Å². The smallest absolute Gasteiger partial charge is 0.387 e. The summed E-state index contributed by atoms with van der Waals surface area (Å²) >= 11 is 0. The van der Waals surface area contributed by atoms with E-state index < -0.39 is 18.3 Å². The zero-order chi connectivity index (χ0) is 22.9. The number of pyridine rings is 1. The van der Waals surface area contributed by atoms with Gasteiger partial charge in [0.2, 0.25) is 11.8 Å². The number of benzene rings is 2. The lowest BCUT2D eigenvalue weighted by Gasteiger charge is -2.12. The Morgan fingerprint density at radius 1 is 1.16 bits per heavy atom. The van der Waals surface area contributed by atoms with Crippen LogP contribution in [0.2, 0.25) is 0 Å². The number of alkyl halides is 2. The molecule has 0 atom stereocenters. The highest BCUT2D eigenvalue weighted by molar-refractivity contribution is 5.92. The minimum atomic E-state index is -3.05. The van der Waals surface area contributed by atoms with E-state index in [9.17, 15) is 18.0 Å². The second-order valence-corrected chi connectivity index (χ2v) is 6.34. The number of para-hydroxylation sites is 1. The van der Waals surface area contributed by atoms with Gasteiger partial charge in [0, 0.05) is 36.0 Å². The Hall–Kier alpha value is -4.01. The molecule has 0 aliphatic heterocycles. The summed E-state index contributed by atoms with van der Waals surface area (Å²) in [5.74, 6) is -0.527. The molecule has 9 heteroatoms. The Bertz CT molecular complexity index is 1110. The van der Waals surface area contributed by atoms with Crippen molar-refractivity contribution in [2.24, 2.45) is 0 Å². The minimum Gasteiger partial charge on any atom is -0.493 e. The molecule has 3 rings (SSSR count). The Labute approximate surface area is 182 Å². The maximum Gasteiger partial charge on any atom is 0.387 e. The normalized spacial score (nSPS) is 10.9. The number of hydrogen-bond donors (Lipinski definition) is 1. The van der Waals surface area contributed by atoms with E-state index in [1.165, 1.54) is 55.8 Å². The fourth-order valence-corrected chi connectivity index (χ4v) is 2.74. The number of aromatic nitrogens is 1. The lowest BCUT2D eigenvalue weighted by atomic mass is 10.1. The zero-order valence-corrected chi connectivity index (χ0v) is 16.9. The summed E-state index contributed by atoms with van der Waals surface area (Å²) in [6, 6.07) is 13.5. The number of nitrogens with one attached hydrogen (secondary N) is 1. The van der Waals surface area contributed by atoms with Gasteiger partial charge in [-0.05, 0) is 30.3 Å². The third-order valence-electron chi connectivity index (χ3n) is 4.16. The van der Waals surface area contributed by atoms with Crippen molar-refractivity contribution in [1.29, 1.82) is 0 Å². The molecule has 32 heavy (non-hydrogen) atoms. The van der Waals surface area contributed by atoms with Crippen molar-refractivity contribution < 1.29 is 32.2 Å². The average molecular weight is 444 g/mol. The molecular weight excluding hydrogens is 425 g/mol. The van der Waals surface area contributed by atoms with Crippen molar-refractivity contribution in [3.63, 3.8) is 0 Å². The first-order valence-corrected chi connectivity index (χ1v) is 9.41. The number of amides is 1. The van der Waals surface area contributed by atoms with E-state index in [1.54, 1.807) is 24.3 Å². The van der Waals surface area contributed by atoms with Gasteiger partial charge < -0.3 is 19.5 Å². The van der Waals surface area contributed by atoms with E-state index >= 15 is 0 Å². The number of methoxy groups -OCH3 is 1. The predicted molar refractivity (Wildman–Crippen MR) is 111 cm³/mol. The number of carbonyl (C=O) groups excluding carboxylic acids is 1. The van der Waals surface area contributed by atoms with Crippen LogP contribution in [0.4, 0.5) is 13.2 Å². The van der Waals surface area contributed by atoms with Crippen molar-refractivity contribution in [3.05, 3.63) is 83.8 Å². The van der Waals surface area contributed by atoms with E-state index in [0.717, 1.165) is 0 Å². The van der Waals surface area contributed by atoms with Crippen LogP contribution in [0.25, 0.3) is 6.08 Å². The SMILES string of the molecule is COc1cccc(C=CC(=O)NCc2cccnc2Oc2cccc(F)c2)c1OC(F)F. The molecular formula is C23H19F3N2O4. The third kappa shape index (κ3) is 6.24. The van der Waals surface area contributed by atoms with Gasteiger partial charge in [-0.25, -0.2) is 9.37 Å². The van der Waals surface area contributed by atoms with Crippen LogP contribution in [-0.4, -0.2) is 24.6 Å². The molecule has 0 aliphatic carbocycles. The Balaban J connectivity index is 1.68. The molecule has 166 valence electrons. The van der Waals surface area contributed by atoms with Crippen molar-refractivity contribution >= 4 is 12.0 Å². The van der Waals surface area contributed by atoms with Crippen LogP contribution in [0.15, 0.2) is 66.9 Å². The Morgan fingerprint density at radius 2 is 1.97 bits per heavy atom. The van der Waals surface area contributed by atoms with Gasteiger partial charge in [0.25, 0.3) is 0 Å². The highest BCUT2D eigenvalue weighted by Gasteiger charge is 2.14. The standard InChI is InChI=1S/C23H19F3N2O4/c1-30-19-9-2-5-15(21(19)32-23(25)26)10-11-20(29)28-14-16-6-4-12-27-22(16)31-18-8-3-7-17(24)13-18/h2-13,23H,14H2,1H3,(H,28,29). The van der Waals surface area contributed by atoms with Gasteiger partial charge in [-0.2, -0.15) is 8.78 Å². The summed E-state index contributed by atoms with van der Waals surface area (Å²) in [6.07, 6.45) is 4.02. The number of rotatable bonds is 9. The van der Waals surface area contributed by atoms with E-state index in [-0.39, 0.29) is 35.2 Å². The molecule has 0 radical (unpaired) electrons. The molecule has 0 fully saturated rings. The van der Waals surface area contributed by atoms with Crippen molar-refractivity contribution in [1.82, 2.24) is 10.3 Å². The fraction of sp³-hybridized carbons (Fsp3) is 0.130. The molecule has 6 nitrogen and oxygen atoms in total. The van der Waals surface area contributed by atoms with E-state index in [1.807, 2.05) is 0 Å². The number of halogens is 3. The maximum absolute atomic E-state index is 13.4. The molecule has 1 amide bonds. The van der Waals surface area contributed by atoms with E-state index in [4.69, 9.17) is 9.47 Å². The molecule has 0 saturated carbocycles. The lowest BCUT2D eigenvalue weighted by Crippen LogP contribution is -2.20. The zero-order valence-electron chi connectivity index (χ0n) is 16.9. The van der Waals surface area contributed by atoms with E-state index in [2.05, 4.69) is 15.0 Å². The topological polar surface area (TPSA) is 69.7 Å². The number of hydrogen-bond acceptors (Lipinski definition) is 5. The van der Waals surface area contributed by atoms with Crippen LogP contribution < -0.4 is 19.5 Å².